The van der Waals surface area contributed by atoms with Gasteiger partial charge in [-0.15, -0.1) is 0 Å². The van der Waals surface area contributed by atoms with Gasteiger partial charge in [-0.05, 0) is 12.1 Å². The maximum atomic E-state index is 12.5. The predicted molar refractivity (Wildman–Crippen MR) is 89.7 cm³/mol. The fourth-order valence-corrected chi connectivity index (χ4v) is 5.99. The van der Waals surface area contributed by atoms with Gasteiger partial charge in [0.15, 0.2) is 5.75 Å². The molecule has 0 amide bonds. The zero-order chi connectivity index (χ0) is 17.2. The molecule has 2 N–H and O–H groups in total. The molecule has 1 aromatic carbocycles. The van der Waals surface area contributed by atoms with E-state index in [9.17, 15) is 19.5 Å². The van der Waals surface area contributed by atoms with Crippen LogP contribution < -0.4 is 9.61 Å². The summed E-state index contributed by atoms with van der Waals surface area (Å²) in [4.78, 5) is 38.8. The van der Waals surface area contributed by atoms with E-state index in [2.05, 4.69) is 4.98 Å². The number of H-pyrrole nitrogens is 1. The van der Waals surface area contributed by atoms with Crippen molar-refractivity contribution in [3.63, 3.8) is 0 Å². The van der Waals surface area contributed by atoms with Crippen LogP contribution in [-0.4, -0.2) is 27.3 Å². The van der Waals surface area contributed by atoms with Crippen LogP contribution in [0.2, 0.25) is 10.0 Å². The number of thioether (sulfide) groups is 1. The van der Waals surface area contributed by atoms with E-state index in [-0.39, 0.29) is 15.6 Å². The molecule has 0 saturated heterocycles. The Kier molecular flexibility index (Phi) is 3.68. The molecular formula is C14H7Cl2NO5S2. The van der Waals surface area contributed by atoms with Gasteiger partial charge in [0.1, 0.15) is 5.25 Å². The first-order chi connectivity index (χ1) is 11.4. The van der Waals surface area contributed by atoms with E-state index in [0.29, 0.717) is 20.5 Å². The minimum absolute atomic E-state index is 0.162. The first-order valence-electron chi connectivity index (χ1n) is 6.70. The van der Waals surface area contributed by atoms with E-state index in [1.54, 1.807) is 6.07 Å². The summed E-state index contributed by atoms with van der Waals surface area (Å²) in [7, 11) is 0. The van der Waals surface area contributed by atoms with Crippen molar-refractivity contribution in [2.24, 2.45) is 5.92 Å². The number of carbonyl (C=O) groups excluding carboxylic acids is 1. The first-order valence-corrected chi connectivity index (χ1v) is 9.15. The third kappa shape index (κ3) is 2.28. The number of hydrogen-bond acceptors (Lipinski definition) is 6. The number of thiazole rings is 1. The van der Waals surface area contributed by atoms with Crippen molar-refractivity contribution in [1.82, 2.24) is 4.98 Å². The van der Waals surface area contributed by atoms with Crippen LogP contribution in [0.1, 0.15) is 16.4 Å². The average molecular weight is 404 g/mol. The molecule has 2 aromatic rings. The summed E-state index contributed by atoms with van der Waals surface area (Å²) in [5.41, 5.74) is 0.514. The average Bonchev–Trinajstić information content (AvgIpc) is 2.87. The Morgan fingerprint density at radius 1 is 1.29 bits per heavy atom. The Balaban J connectivity index is 2.02. The minimum atomic E-state index is -1.15. The van der Waals surface area contributed by atoms with Gasteiger partial charge in [-0.1, -0.05) is 46.3 Å². The number of ether oxygens (including phenoxy) is 1. The number of aliphatic carboxylic acids is 1. The van der Waals surface area contributed by atoms with E-state index in [1.165, 1.54) is 6.07 Å². The maximum absolute atomic E-state index is 12.5. The molecule has 0 radical (unpaired) electrons. The lowest BCUT2D eigenvalue weighted by molar-refractivity contribution is -0.147. The molecule has 124 valence electrons. The van der Waals surface area contributed by atoms with Gasteiger partial charge in [-0.25, -0.2) is 0 Å². The summed E-state index contributed by atoms with van der Waals surface area (Å²) >= 11 is 14.1. The van der Waals surface area contributed by atoms with Crippen LogP contribution in [0.25, 0.3) is 0 Å². The highest BCUT2D eigenvalue weighted by Gasteiger charge is 2.52. The molecule has 0 unspecified atom stereocenters. The van der Waals surface area contributed by atoms with Gasteiger partial charge in [0.2, 0.25) is 0 Å². The summed E-state index contributed by atoms with van der Waals surface area (Å²) in [5, 5.41) is 9.40. The van der Waals surface area contributed by atoms with Gasteiger partial charge >= 0.3 is 16.8 Å². The van der Waals surface area contributed by atoms with Crippen LogP contribution in [-0.2, 0) is 9.59 Å². The van der Waals surface area contributed by atoms with Crippen LogP contribution >= 0.6 is 46.3 Å². The van der Waals surface area contributed by atoms with Crippen molar-refractivity contribution in [3.8, 4) is 5.75 Å². The first kappa shape index (κ1) is 16.0. The Morgan fingerprint density at radius 2 is 2.04 bits per heavy atom. The second-order valence-corrected chi connectivity index (χ2v) is 8.33. The molecule has 2 aliphatic rings. The number of fused-ring (bicyclic) bond motifs is 5. The molecule has 3 atom stereocenters. The molecule has 2 aliphatic heterocycles. The topological polar surface area (TPSA) is 96.5 Å². The molecule has 10 heteroatoms. The number of aromatic amines is 1. The Morgan fingerprint density at radius 3 is 2.75 bits per heavy atom. The molecule has 4 rings (SSSR count). The van der Waals surface area contributed by atoms with Crippen LogP contribution in [0.15, 0.2) is 22.0 Å². The van der Waals surface area contributed by atoms with Gasteiger partial charge in [-0.3, -0.25) is 14.4 Å². The lowest BCUT2D eigenvalue weighted by Gasteiger charge is -2.37. The Bertz CT molecular complexity index is 953. The van der Waals surface area contributed by atoms with Crippen molar-refractivity contribution in [2.75, 3.05) is 0 Å². The number of carboxylic acid groups (broad SMARTS) is 1. The molecule has 0 fully saturated rings. The smallest absolute Gasteiger partial charge is 0.317 e. The third-order valence-electron chi connectivity index (χ3n) is 3.94. The molecule has 24 heavy (non-hydrogen) atoms. The number of nitrogens with one attached hydrogen (secondary N) is 1. The Hall–Kier alpha value is -1.48. The quantitative estimate of drug-likeness (QED) is 0.561. The van der Waals surface area contributed by atoms with Crippen molar-refractivity contribution >= 4 is 58.2 Å². The fraction of sp³-hybridized carbons (Fsp3) is 0.214. The van der Waals surface area contributed by atoms with Crippen LogP contribution in [0.4, 0.5) is 0 Å². The normalized spacial score (nSPS) is 24.6. The van der Waals surface area contributed by atoms with Crippen molar-refractivity contribution in [3.05, 3.63) is 42.3 Å². The lowest BCUT2D eigenvalue weighted by atomic mass is 9.80. The maximum Gasteiger partial charge on any atom is 0.317 e. The largest absolute Gasteiger partial charge is 0.480 e. The third-order valence-corrected chi connectivity index (χ3v) is 6.85. The van der Waals surface area contributed by atoms with Crippen molar-refractivity contribution in [2.45, 2.75) is 16.2 Å². The van der Waals surface area contributed by atoms with E-state index < -0.39 is 29.0 Å². The number of aromatic nitrogens is 1. The summed E-state index contributed by atoms with van der Waals surface area (Å²) in [6.45, 7) is 0. The van der Waals surface area contributed by atoms with Gasteiger partial charge in [0.25, 0.3) is 0 Å². The van der Waals surface area contributed by atoms with Crippen molar-refractivity contribution in [1.29, 1.82) is 0 Å². The molecule has 0 spiro atoms. The zero-order valence-corrected chi connectivity index (χ0v) is 14.7. The van der Waals surface area contributed by atoms with Crippen LogP contribution in [0.3, 0.4) is 0 Å². The number of rotatable bonds is 1. The second-order valence-electron chi connectivity index (χ2n) is 5.32. The molecule has 0 saturated carbocycles. The summed E-state index contributed by atoms with van der Waals surface area (Å²) in [6, 6.07) is 3.04. The number of carbonyl (C=O) groups is 2. The number of halogens is 2. The van der Waals surface area contributed by atoms with E-state index in [1.807, 2.05) is 0 Å². The Labute approximate surface area is 152 Å². The standard InChI is InChI=1S/C14H7Cl2NO5S2/c15-3-1-4-6-7(13(20)22-8(4)5(16)2-3)10(12(18)19)23-11-9(6)24-14(21)17-11/h1-2,6-7,10H,(H,17,21)(H,18,19)/t6-,7-,10+/m1/s1. The monoisotopic (exact) mass is 403 g/mol. The van der Waals surface area contributed by atoms with E-state index in [0.717, 1.165) is 23.1 Å². The molecule has 3 heterocycles. The zero-order valence-electron chi connectivity index (χ0n) is 11.5. The molecule has 0 aliphatic carbocycles. The number of carboxylic acids is 1. The van der Waals surface area contributed by atoms with Gasteiger partial charge < -0.3 is 14.8 Å². The summed E-state index contributed by atoms with van der Waals surface area (Å²) in [6.07, 6.45) is 0. The van der Waals surface area contributed by atoms with Crippen LogP contribution in [0.5, 0.6) is 5.75 Å². The number of hydrogen-bond donors (Lipinski definition) is 2. The highest BCUT2D eigenvalue weighted by molar-refractivity contribution is 8.00. The van der Waals surface area contributed by atoms with E-state index >= 15 is 0 Å². The highest BCUT2D eigenvalue weighted by Crippen LogP contribution is 2.55. The number of benzene rings is 1. The summed E-state index contributed by atoms with van der Waals surface area (Å²) in [5.74, 6) is -3.27. The van der Waals surface area contributed by atoms with Crippen molar-refractivity contribution < 1.29 is 19.4 Å². The molecular weight excluding hydrogens is 397 g/mol. The molecule has 0 bridgehead atoms. The number of esters is 1. The molecule has 6 nitrogen and oxygen atoms in total. The SMILES string of the molecule is O=C1Oc2c(Cl)cc(Cl)cc2[C@H]2c3sc(=O)[nH]c3S[C@H](C(=O)O)[C@H]12. The predicted octanol–water partition coefficient (Wildman–Crippen LogP) is 2.97. The lowest BCUT2D eigenvalue weighted by Crippen LogP contribution is -2.44. The van der Waals surface area contributed by atoms with Gasteiger partial charge in [0, 0.05) is 21.4 Å². The van der Waals surface area contributed by atoms with Crippen LogP contribution in [0, 0.1) is 5.92 Å². The minimum Gasteiger partial charge on any atom is -0.480 e. The van der Waals surface area contributed by atoms with Gasteiger partial charge in [-0.2, -0.15) is 0 Å². The fourth-order valence-electron chi connectivity index (χ4n) is 3.04. The van der Waals surface area contributed by atoms with E-state index in [4.69, 9.17) is 27.9 Å². The second kappa shape index (κ2) is 5.52. The molecule has 1 aromatic heterocycles. The summed E-state index contributed by atoms with van der Waals surface area (Å²) < 4.78 is 5.30. The highest BCUT2D eigenvalue weighted by atomic mass is 35.5. The van der Waals surface area contributed by atoms with Gasteiger partial charge in [0.05, 0.1) is 16.0 Å².